The fourth-order valence-corrected chi connectivity index (χ4v) is 3.82. The van der Waals surface area contributed by atoms with E-state index in [2.05, 4.69) is 20.5 Å². The van der Waals surface area contributed by atoms with Crippen molar-refractivity contribution in [1.29, 1.82) is 0 Å². The van der Waals surface area contributed by atoms with Gasteiger partial charge in [-0.3, -0.25) is 9.79 Å². The molecule has 1 aromatic carbocycles. The van der Waals surface area contributed by atoms with Crippen molar-refractivity contribution >= 4 is 35.8 Å². The van der Waals surface area contributed by atoms with Crippen LogP contribution in [-0.2, 0) is 16.0 Å². The van der Waals surface area contributed by atoms with Crippen molar-refractivity contribution in [2.24, 2.45) is 4.99 Å². The van der Waals surface area contributed by atoms with E-state index in [-0.39, 0.29) is 42.1 Å². The molecule has 0 bridgehead atoms. The second-order valence-corrected chi connectivity index (χ2v) is 8.07. The molecule has 174 valence electrons. The molecule has 2 saturated heterocycles. The molecule has 0 radical (unpaired) electrons. The molecule has 31 heavy (non-hydrogen) atoms. The Hall–Kier alpha value is -1.43. The van der Waals surface area contributed by atoms with Crippen LogP contribution in [0, 0.1) is 0 Å². The Morgan fingerprint density at radius 3 is 2.74 bits per heavy atom. The summed E-state index contributed by atoms with van der Waals surface area (Å²) in [5.74, 6) is 0.804. The number of aliphatic imine (C=N–C) groups is 1. The van der Waals surface area contributed by atoms with Crippen molar-refractivity contribution in [3.8, 4) is 0 Å². The van der Waals surface area contributed by atoms with Gasteiger partial charge in [-0.1, -0.05) is 12.1 Å². The molecule has 2 unspecified atom stereocenters. The molecule has 2 N–H and O–H groups in total. The van der Waals surface area contributed by atoms with Crippen LogP contribution in [0.5, 0.6) is 0 Å². The van der Waals surface area contributed by atoms with E-state index < -0.39 is 0 Å². The molecule has 0 aliphatic carbocycles. The largest absolute Gasteiger partial charge is 0.375 e. The van der Waals surface area contributed by atoms with Gasteiger partial charge in [0, 0.05) is 51.9 Å². The Kier molecular flexibility index (Phi) is 11.0. The third-order valence-corrected chi connectivity index (χ3v) is 5.47. The average molecular weight is 545 g/mol. The molecule has 1 aromatic rings. The van der Waals surface area contributed by atoms with Crippen LogP contribution in [0.15, 0.2) is 29.3 Å². The van der Waals surface area contributed by atoms with Crippen LogP contribution in [0.4, 0.5) is 0 Å². The second-order valence-electron chi connectivity index (χ2n) is 8.07. The van der Waals surface area contributed by atoms with E-state index in [1.54, 1.807) is 7.05 Å². The van der Waals surface area contributed by atoms with Crippen molar-refractivity contribution in [2.75, 3.05) is 60.5 Å². The summed E-state index contributed by atoms with van der Waals surface area (Å²) in [6, 6.07) is 7.71. The fraction of sp³-hybridized carbons (Fsp3) is 0.636. The predicted octanol–water partition coefficient (Wildman–Crippen LogP) is 1.55. The summed E-state index contributed by atoms with van der Waals surface area (Å²) in [5.41, 5.74) is 1.72. The van der Waals surface area contributed by atoms with Gasteiger partial charge < -0.3 is 29.9 Å². The first-order chi connectivity index (χ1) is 14.6. The number of amides is 1. The second kappa shape index (κ2) is 13.2. The Bertz CT molecular complexity index is 725. The lowest BCUT2D eigenvalue weighted by atomic mass is 10.1. The SMILES string of the molecule is CN=C(NCc1cccc(C(=O)NCCN(C)C)c1)N1CCOC(C2CCCO2)C1.I. The molecule has 8 nitrogen and oxygen atoms in total. The quantitative estimate of drug-likeness (QED) is 0.308. The monoisotopic (exact) mass is 545 g/mol. The minimum absolute atomic E-state index is 0. The first-order valence-electron chi connectivity index (χ1n) is 10.8. The van der Waals surface area contributed by atoms with E-state index >= 15 is 0 Å². The minimum atomic E-state index is -0.0457. The van der Waals surface area contributed by atoms with Gasteiger partial charge in [0.25, 0.3) is 5.91 Å². The van der Waals surface area contributed by atoms with E-state index in [0.29, 0.717) is 25.3 Å². The minimum Gasteiger partial charge on any atom is -0.375 e. The number of guanidine groups is 1. The number of carbonyl (C=O) groups excluding carboxylic acids is 1. The number of hydrogen-bond donors (Lipinski definition) is 2. The lowest BCUT2D eigenvalue weighted by Crippen LogP contribution is -2.53. The lowest BCUT2D eigenvalue weighted by molar-refractivity contribution is -0.0817. The van der Waals surface area contributed by atoms with Crippen LogP contribution in [0.3, 0.4) is 0 Å². The van der Waals surface area contributed by atoms with Crippen molar-refractivity contribution in [3.63, 3.8) is 0 Å². The van der Waals surface area contributed by atoms with Gasteiger partial charge in [0.15, 0.2) is 5.96 Å². The molecule has 0 aromatic heterocycles. The number of nitrogens with zero attached hydrogens (tertiary/aromatic N) is 3. The highest BCUT2D eigenvalue weighted by Gasteiger charge is 2.32. The smallest absolute Gasteiger partial charge is 0.251 e. The highest BCUT2D eigenvalue weighted by atomic mass is 127. The van der Waals surface area contributed by atoms with Gasteiger partial charge in [0.1, 0.15) is 6.10 Å². The third-order valence-electron chi connectivity index (χ3n) is 5.47. The topological polar surface area (TPSA) is 78.4 Å². The van der Waals surface area contributed by atoms with Crippen LogP contribution < -0.4 is 10.6 Å². The summed E-state index contributed by atoms with van der Waals surface area (Å²) in [4.78, 5) is 21.1. The van der Waals surface area contributed by atoms with Crippen LogP contribution in [0.1, 0.15) is 28.8 Å². The number of rotatable bonds is 7. The van der Waals surface area contributed by atoms with E-state index in [9.17, 15) is 4.79 Å². The first-order valence-corrected chi connectivity index (χ1v) is 10.8. The van der Waals surface area contributed by atoms with Crippen LogP contribution in [-0.4, -0.2) is 94.4 Å². The van der Waals surface area contributed by atoms with Crippen molar-refractivity contribution < 1.29 is 14.3 Å². The number of hydrogen-bond acceptors (Lipinski definition) is 5. The van der Waals surface area contributed by atoms with Crippen molar-refractivity contribution in [1.82, 2.24) is 20.4 Å². The zero-order valence-corrected chi connectivity index (χ0v) is 21.1. The summed E-state index contributed by atoms with van der Waals surface area (Å²) < 4.78 is 11.7. The van der Waals surface area contributed by atoms with E-state index in [4.69, 9.17) is 9.47 Å². The molecule has 2 fully saturated rings. The highest BCUT2D eigenvalue weighted by molar-refractivity contribution is 14.0. The number of carbonyl (C=O) groups is 1. The number of benzene rings is 1. The first kappa shape index (κ1) is 25.8. The van der Waals surface area contributed by atoms with Gasteiger partial charge in [0.2, 0.25) is 0 Å². The van der Waals surface area contributed by atoms with E-state index in [1.807, 2.05) is 43.3 Å². The summed E-state index contributed by atoms with van der Waals surface area (Å²) in [5, 5.41) is 6.39. The number of likely N-dealkylation sites (N-methyl/N-ethyl adjacent to an activating group) is 1. The van der Waals surface area contributed by atoms with E-state index in [0.717, 1.165) is 50.6 Å². The maximum absolute atomic E-state index is 12.4. The normalized spacial score (nSPS) is 21.7. The van der Waals surface area contributed by atoms with Crippen molar-refractivity contribution in [2.45, 2.75) is 31.6 Å². The standard InChI is InChI=1S/C22H35N5O3.HI/c1-23-22(27-11-13-30-20(16-27)19-8-5-12-29-19)25-15-17-6-4-7-18(14-17)21(28)24-9-10-26(2)3;/h4,6-7,14,19-20H,5,8-13,15-16H2,1-3H3,(H,23,25)(H,24,28);1H. The van der Waals surface area contributed by atoms with Crippen LogP contribution in [0.25, 0.3) is 0 Å². The predicted molar refractivity (Wildman–Crippen MR) is 133 cm³/mol. The number of halogens is 1. The summed E-state index contributed by atoms with van der Waals surface area (Å²) >= 11 is 0. The molecular weight excluding hydrogens is 509 g/mol. The third kappa shape index (κ3) is 7.89. The summed E-state index contributed by atoms with van der Waals surface area (Å²) in [6.45, 7) is 5.13. The molecule has 2 atom stereocenters. The number of ether oxygens (including phenoxy) is 2. The maximum Gasteiger partial charge on any atom is 0.251 e. The van der Waals surface area contributed by atoms with Gasteiger partial charge in [-0.15, -0.1) is 24.0 Å². The maximum atomic E-state index is 12.4. The van der Waals surface area contributed by atoms with Crippen molar-refractivity contribution in [3.05, 3.63) is 35.4 Å². The molecule has 1 amide bonds. The van der Waals surface area contributed by atoms with Crippen LogP contribution >= 0.6 is 24.0 Å². The lowest BCUT2D eigenvalue weighted by Gasteiger charge is -2.37. The van der Waals surface area contributed by atoms with Gasteiger partial charge in [-0.2, -0.15) is 0 Å². The van der Waals surface area contributed by atoms with Gasteiger partial charge in [-0.05, 0) is 44.6 Å². The van der Waals surface area contributed by atoms with Crippen LogP contribution in [0.2, 0.25) is 0 Å². The van der Waals surface area contributed by atoms with Gasteiger partial charge in [0.05, 0.1) is 12.7 Å². The molecule has 9 heteroatoms. The zero-order valence-electron chi connectivity index (χ0n) is 18.8. The molecule has 2 heterocycles. The summed E-state index contributed by atoms with van der Waals surface area (Å²) in [7, 11) is 5.78. The Morgan fingerprint density at radius 2 is 2.03 bits per heavy atom. The number of nitrogens with one attached hydrogen (secondary N) is 2. The fourth-order valence-electron chi connectivity index (χ4n) is 3.82. The average Bonchev–Trinajstić information content (AvgIpc) is 3.29. The van der Waals surface area contributed by atoms with Gasteiger partial charge in [-0.25, -0.2) is 0 Å². The molecule has 0 saturated carbocycles. The Balaban J connectivity index is 0.00000341. The Labute approximate surface area is 202 Å². The zero-order chi connectivity index (χ0) is 21.3. The molecule has 2 aliphatic heterocycles. The number of morpholine rings is 1. The highest BCUT2D eigenvalue weighted by Crippen LogP contribution is 2.21. The molecule has 0 spiro atoms. The van der Waals surface area contributed by atoms with E-state index in [1.165, 1.54) is 0 Å². The van der Waals surface area contributed by atoms with Gasteiger partial charge >= 0.3 is 0 Å². The molecule has 2 aliphatic rings. The Morgan fingerprint density at radius 1 is 1.23 bits per heavy atom. The molecular formula is C22H36IN5O3. The molecule has 3 rings (SSSR count). The summed E-state index contributed by atoms with van der Waals surface area (Å²) in [6.07, 6.45) is 2.45.